The first kappa shape index (κ1) is 22.1. The van der Waals surface area contributed by atoms with Crippen molar-refractivity contribution in [3.05, 3.63) is 24.3 Å². The van der Waals surface area contributed by atoms with E-state index in [1.807, 2.05) is 40.7 Å². The highest BCUT2D eigenvalue weighted by atomic mass is 16.7. The van der Waals surface area contributed by atoms with Gasteiger partial charge in [0, 0.05) is 36.2 Å². The number of carbonyl (C=O) groups is 1. The maximum absolute atomic E-state index is 10.9. The number of allylic oxidation sites excluding steroid dienone is 2. The van der Waals surface area contributed by atoms with Crippen molar-refractivity contribution in [1.29, 1.82) is 0 Å². The van der Waals surface area contributed by atoms with Crippen molar-refractivity contribution >= 4 is 5.97 Å². The summed E-state index contributed by atoms with van der Waals surface area (Å²) in [5.41, 5.74) is 0. The molecule has 2 saturated heterocycles. The van der Waals surface area contributed by atoms with Crippen LogP contribution in [0.1, 0.15) is 47.5 Å². The molecule has 9 atom stereocenters. The fraction of sp³-hybridized carbons (Fsp3) is 0.762. The highest BCUT2D eigenvalue weighted by molar-refractivity contribution is 5.80. The molecule has 0 aliphatic carbocycles. The maximum atomic E-state index is 10.9. The molecule has 0 aromatic carbocycles. The van der Waals surface area contributed by atoms with Gasteiger partial charge in [0.05, 0.1) is 24.4 Å². The summed E-state index contributed by atoms with van der Waals surface area (Å²) >= 11 is 0. The Morgan fingerprint density at radius 2 is 1.89 bits per heavy atom. The number of rotatable bonds is 5. The summed E-state index contributed by atoms with van der Waals surface area (Å²) in [4.78, 5) is 10.6. The van der Waals surface area contributed by atoms with Gasteiger partial charge in [-0.25, -0.2) is 4.79 Å². The lowest BCUT2D eigenvalue weighted by Gasteiger charge is -2.56. The van der Waals surface area contributed by atoms with Crippen molar-refractivity contribution in [3.8, 4) is 0 Å². The summed E-state index contributed by atoms with van der Waals surface area (Å²) in [5.74, 6) is -2.39. The Hall–Kier alpha value is -1.21. The Morgan fingerprint density at radius 3 is 2.44 bits per heavy atom. The third kappa shape index (κ3) is 4.62. The normalized spacial score (nSPS) is 44.2. The fourth-order valence-electron chi connectivity index (χ4n) is 4.61. The van der Waals surface area contributed by atoms with Crippen LogP contribution >= 0.6 is 0 Å². The second kappa shape index (κ2) is 8.86. The first-order valence-electron chi connectivity index (χ1n) is 9.92. The minimum absolute atomic E-state index is 0.0554. The first-order valence-corrected chi connectivity index (χ1v) is 9.92. The minimum atomic E-state index is -1.01. The summed E-state index contributed by atoms with van der Waals surface area (Å²) in [6.45, 7) is 9.83. The molecule has 2 fully saturated rings. The van der Waals surface area contributed by atoms with Crippen molar-refractivity contribution in [2.24, 2.45) is 23.7 Å². The fourth-order valence-corrected chi connectivity index (χ4v) is 4.61. The number of hydrogen-bond donors (Lipinski definition) is 3. The maximum Gasteiger partial charge on any atom is 0.328 e. The molecule has 0 saturated carbocycles. The summed E-state index contributed by atoms with van der Waals surface area (Å²) in [6, 6.07) is 0. The monoisotopic (exact) mass is 382 g/mol. The van der Waals surface area contributed by atoms with E-state index in [9.17, 15) is 15.0 Å². The van der Waals surface area contributed by atoms with Gasteiger partial charge in [-0.2, -0.15) is 0 Å². The molecule has 27 heavy (non-hydrogen) atoms. The van der Waals surface area contributed by atoms with Gasteiger partial charge in [0.15, 0.2) is 5.79 Å². The molecule has 0 bridgehead atoms. The van der Waals surface area contributed by atoms with E-state index in [1.165, 1.54) is 6.08 Å². The predicted molar refractivity (Wildman–Crippen MR) is 102 cm³/mol. The van der Waals surface area contributed by atoms with Crippen molar-refractivity contribution in [2.45, 2.75) is 77.7 Å². The molecule has 9 unspecified atom stereocenters. The standard InChI is InChI=1S/C21H34O6/c1-6-16-15(5)26-21(11-17(16)22)14(4)19(25)13(3)20(27-21)12(2)9-7-8-10-18(23)24/h7-10,12-17,19-20,22,25H,6,11H2,1-5H3,(H,23,24). The van der Waals surface area contributed by atoms with Gasteiger partial charge >= 0.3 is 5.97 Å². The zero-order chi connectivity index (χ0) is 20.4. The molecule has 2 aliphatic heterocycles. The van der Waals surface area contributed by atoms with Crippen molar-refractivity contribution in [1.82, 2.24) is 0 Å². The minimum Gasteiger partial charge on any atom is -0.478 e. The average molecular weight is 382 g/mol. The molecule has 6 heteroatoms. The Bertz CT molecular complexity index is 559. The van der Waals surface area contributed by atoms with E-state index in [2.05, 4.69) is 0 Å². The summed E-state index contributed by atoms with van der Waals surface area (Å²) in [7, 11) is 0. The van der Waals surface area contributed by atoms with Crippen LogP contribution in [0.5, 0.6) is 0 Å². The molecule has 3 N–H and O–H groups in total. The van der Waals surface area contributed by atoms with Crippen LogP contribution in [-0.2, 0) is 14.3 Å². The SMILES string of the molecule is CCC1C(O)CC2(OC1C)OC(C(C)C=CC=CC(=O)O)C(C)C(O)C2C. The molecule has 0 aromatic rings. The quantitative estimate of drug-likeness (QED) is 0.500. The zero-order valence-corrected chi connectivity index (χ0v) is 16.9. The molecule has 154 valence electrons. The van der Waals surface area contributed by atoms with Crippen LogP contribution in [0.25, 0.3) is 0 Å². The van der Waals surface area contributed by atoms with Gasteiger partial charge in [0.1, 0.15) is 0 Å². The number of ether oxygens (including phenoxy) is 2. The third-order valence-corrected chi connectivity index (χ3v) is 6.33. The van der Waals surface area contributed by atoms with E-state index in [-0.39, 0.29) is 35.9 Å². The van der Waals surface area contributed by atoms with Gasteiger partial charge in [-0.05, 0) is 13.3 Å². The number of hydrogen-bond acceptors (Lipinski definition) is 5. The Labute approximate surface area is 161 Å². The van der Waals surface area contributed by atoms with Gasteiger partial charge < -0.3 is 24.8 Å². The molecule has 2 aliphatic rings. The van der Waals surface area contributed by atoms with Crippen LogP contribution < -0.4 is 0 Å². The van der Waals surface area contributed by atoms with E-state index in [0.29, 0.717) is 6.42 Å². The molecule has 2 rings (SSSR count). The van der Waals surface area contributed by atoms with E-state index < -0.39 is 24.0 Å². The van der Waals surface area contributed by atoms with Gasteiger partial charge in [-0.3, -0.25) is 0 Å². The number of aliphatic hydroxyl groups excluding tert-OH is 2. The van der Waals surface area contributed by atoms with Crippen molar-refractivity contribution < 1.29 is 29.6 Å². The smallest absolute Gasteiger partial charge is 0.328 e. The third-order valence-electron chi connectivity index (χ3n) is 6.33. The van der Waals surface area contributed by atoms with Crippen LogP contribution in [0.3, 0.4) is 0 Å². The summed E-state index contributed by atoms with van der Waals surface area (Å²) in [6.07, 6.45) is 5.63. The second-order valence-electron chi connectivity index (χ2n) is 8.14. The van der Waals surface area contributed by atoms with E-state index in [4.69, 9.17) is 14.6 Å². The lowest BCUT2D eigenvalue weighted by molar-refractivity contribution is -0.382. The number of aliphatic hydroxyl groups is 2. The molecule has 0 amide bonds. The zero-order valence-electron chi connectivity index (χ0n) is 16.9. The van der Waals surface area contributed by atoms with Gasteiger partial charge in [0.25, 0.3) is 0 Å². The average Bonchev–Trinajstić information content (AvgIpc) is 2.59. The van der Waals surface area contributed by atoms with E-state index in [0.717, 1.165) is 12.5 Å². The number of aliphatic carboxylic acids is 1. The lowest BCUT2D eigenvalue weighted by Crippen LogP contribution is -2.64. The molecule has 2 heterocycles. The molecular formula is C21H34O6. The van der Waals surface area contributed by atoms with Crippen LogP contribution in [-0.4, -0.2) is 51.5 Å². The second-order valence-corrected chi connectivity index (χ2v) is 8.14. The summed E-state index contributed by atoms with van der Waals surface area (Å²) in [5, 5.41) is 30.2. The Morgan fingerprint density at radius 1 is 1.22 bits per heavy atom. The van der Waals surface area contributed by atoms with Crippen LogP contribution in [0.4, 0.5) is 0 Å². The highest BCUT2D eigenvalue weighted by Gasteiger charge is 2.57. The molecule has 0 aromatic heterocycles. The lowest BCUT2D eigenvalue weighted by atomic mass is 9.73. The van der Waals surface area contributed by atoms with Crippen LogP contribution in [0.15, 0.2) is 24.3 Å². The van der Waals surface area contributed by atoms with E-state index >= 15 is 0 Å². The van der Waals surface area contributed by atoms with Crippen LogP contribution in [0.2, 0.25) is 0 Å². The van der Waals surface area contributed by atoms with E-state index in [1.54, 1.807) is 6.08 Å². The van der Waals surface area contributed by atoms with Crippen molar-refractivity contribution in [2.75, 3.05) is 0 Å². The number of carboxylic acids is 1. The molecule has 6 nitrogen and oxygen atoms in total. The topological polar surface area (TPSA) is 96.2 Å². The Kier molecular flexibility index (Phi) is 7.25. The predicted octanol–water partition coefficient (Wildman–Crippen LogP) is 2.74. The largest absolute Gasteiger partial charge is 0.478 e. The molecule has 0 radical (unpaired) electrons. The van der Waals surface area contributed by atoms with Gasteiger partial charge in [-0.15, -0.1) is 0 Å². The first-order chi connectivity index (χ1) is 12.6. The highest BCUT2D eigenvalue weighted by Crippen LogP contribution is 2.48. The molecular weight excluding hydrogens is 348 g/mol. The number of carboxylic acid groups (broad SMARTS) is 1. The van der Waals surface area contributed by atoms with Gasteiger partial charge in [0.2, 0.25) is 0 Å². The van der Waals surface area contributed by atoms with Gasteiger partial charge in [-0.1, -0.05) is 45.9 Å². The Balaban J connectivity index is 2.22. The molecule has 1 spiro atoms. The van der Waals surface area contributed by atoms with Crippen LogP contribution in [0, 0.1) is 23.7 Å². The van der Waals surface area contributed by atoms with Crippen molar-refractivity contribution in [3.63, 3.8) is 0 Å². The summed E-state index contributed by atoms with van der Waals surface area (Å²) < 4.78 is 12.7.